The highest BCUT2D eigenvalue weighted by Gasteiger charge is 2.32. The second-order valence-corrected chi connectivity index (χ2v) is 4.17. The van der Waals surface area contributed by atoms with Crippen LogP contribution in [-0.4, -0.2) is 23.0 Å². The zero-order valence-electron chi connectivity index (χ0n) is 9.16. The first-order chi connectivity index (χ1) is 7.15. The minimum absolute atomic E-state index is 0.0815. The molecule has 1 atom stereocenters. The van der Waals surface area contributed by atoms with Gasteiger partial charge in [0.15, 0.2) is 0 Å². The summed E-state index contributed by atoms with van der Waals surface area (Å²) in [6.07, 6.45) is 5.30. The highest BCUT2D eigenvalue weighted by atomic mass is 16.4. The number of carbonyl (C=O) groups excluding carboxylic acids is 1. The molecule has 0 aliphatic heterocycles. The standard InChI is InChI=1S/C11H19NO3/c1-2-3-4-5-9(11(14)15)12-10(13)8-6-7-8/h8-9H,2-7H2,1H3,(H,12,13)(H,14,15). The number of amides is 1. The summed E-state index contributed by atoms with van der Waals surface area (Å²) in [6.45, 7) is 2.07. The summed E-state index contributed by atoms with van der Waals surface area (Å²) < 4.78 is 0. The summed E-state index contributed by atoms with van der Waals surface area (Å²) in [5.41, 5.74) is 0. The van der Waals surface area contributed by atoms with E-state index in [1.54, 1.807) is 0 Å². The van der Waals surface area contributed by atoms with E-state index >= 15 is 0 Å². The van der Waals surface area contributed by atoms with Crippen molar-refractivity contribution in [3.8, 4) is 0 Å². The molecule has 0 aromatic rings. The number of unbranched alkanes of at least 4 members (excludes halogenated alkanes) is 2. The first-order valence-electron chi connectivity index (χ1n) is 5.68. The molecule has 1 unspecified atom stereocenters. The normalized spacial score (nSPS) is 17.1. The predicted molar refractivity (Wildman–Crippen MR) is 56.4 cm³/mol. The van der Waals surface area contributed by atoms with Crippen LogP contribution in [0.1, 0.15) is 45.4 Å². The van der Waals surface area contributed by atoms with Gasteiger partial charge >= 0.3 is 5.97 Å². The first-order valence-corrected chi connectivity index (χ1v) is 5.68. The molecule has 0 aromatic carbocycles. The molecule has 0 spiro atoms. The first kappa shape index (κ1) is 12.0. The third-order valence-corrected chi connectivity index (χ3v) is 2.66. The van der Waals surface area contributed by atoms with Crippen LogP contribution in [0, 0.1) is 5.92 Å². The smallest absolute Gasteiger partial charge is 0.326 e. The Bertz CT molecular complexity index is 236. The molecule has 0 bridgehead atoms. The van der Waals surface area contributed by atoms with E-state index in [9.17, 15) is 9.59 Å². The third kappa shape index (κ3) is 4.32. The van der Waals surface area contributed by atoms with E-state index in [1.807, 2.05) is 0 Å². The average molecular weight is 213 g/mol. The molecule has 2 N–H and O–H groups in total. The second kappa shape index (κ2) is 5.73. The highest BCUT2D eigenvalue weighted by Crippen LogP contribution is 2.29. The molecular formula is C11H19NO3. The van der Waals surface area contributed by atoms with Crippen molar-refractivity contribution in [3.05, 3.63) is 0 Å². The minimum Gasteiger partial charge on any atom is -0.480 e. The van der Waals surface area contributed by atoms with Crippen molar-refractivity contribution < 1.29 is 14.7 Å². The van der Waals surface area contributed by atoms with Gasteiger partial charge in [0, 0.05) is 5.92 Å². The molecule has 1 aliphatic carbocycles. The molecule has 1 aliphatic rings. The number of nitrogens with one attached hydrogen (secondary N) is 1. The van der Waals surface area contributed by atoms with Crippen molar-refractivity contribution in [1.82, 2.24) is 5.32 Å². The maximum absolute atomic E-state index is 11.4. The molecule has 0 heterocycles. The Hall–Kier alpha value is -1.06. The lowest BCUT2D eigenvalue weighted by Crippen LogP contribution is -2.41. The van der Waals surface area contributed by atoms with Crippen molar-refractivity contribution in [2.24, 2.45) is 5.92 Å². The van der Waals surface area contributed by atoms with Crippen LogP contribution >= 0.6 is 0 Å². The largest absolute Gasteiger partial charge is 0.480 e. The number of carboxylic acids is 1. The topological polar surface area (TPSA) is 66.4 Å². The van der Waals surface area contributed by atoms with Crippen LogP contribution in [0.5, 0.6) is 0 Å². The lowest BCUT2D eigenvalue weighted by Gasteiger charge is -2.13. The molecule has 0 saturated heterocycles. The maximum atomic E-state index is 11.4. The van der Waals surface area contributed by atoms with Gasteiger partial charge in [-0.05, 0) is 19.3 Å². The fraction of sp³-hybridized carbons (Fsp3) is 0.818. The molecule has 0 radical (unpaired) electrons. The van der Waals surface area contributed by atoms with Gasteiger partial charge in [0.05, 0.1) is 0 Å². The maximum Gasteiger partial charge on any atom is 0.326 e. The molecule has 1 rings (SSSR count). The number of hydrogen-bond donors (Lipinski definition) is 2. The second-order valence-electron chi connectivity index (χ2n) is 4.17. The van der Waals surface area contributed by atoms with Crippen LogP contribution in [-0.2, 0) is 9.59 Å². The Morgan fingerprint density at radius 1 is 1.40 bits per heavy atom. The summed E-state index contributed by atoms with van der Waals surface area (Å²) >= 11 is 0. The number of rotatable bonds is 7. The Labute approximate surface area is 90.0 Å². The fourth-order valence-electron chi connectivity index (χ4n) is 1.49. The number of carbonyl (C=O) groups is 2. The van der Waals surface area contributed by atoms with E-state index in [2.05, 4.69) is 12.2 Å². The fourth-order valence-corrected chi connectivity index (χ4v) is 1.49. The molecule has 0 aromatic heterocycles. The zero-order valence-corrected chi connectivity index (χ0v) is 9.16. The van der Waals surface area contributed by atoms with Gasteiger partial charge in [0.1, 0.15) is 6.04 Å². The monoisotopic (exact) mass is 213 g/mol. The molecule has 1 saturated carbocycles. The van der Waals surface area contributed by atoms with Crippen molar-refractivity contribution in [2.45, 2.75) is 51.5 Å². The van der Waals surface area contributed by atoms with E-state index in [4.69, 9.17) is 5.11 Å². The van der Waals surface area contributed by atoms with Crippen molar-refractivity contribution in [3.63, 3.8) is 0 Å². The average Bonchev–Trinajstić information content (AvgIpc) is 2.99. The molecule has 1 amide bonds. The van der Waals surface area contributed by atoms with E-state index in [-0.39, 0.29) is 11.8 Å². The van der Waals surface area contributed by atoms with Crippen LogP contribution < -0.4 is 5.32 Å². The number of aliphatic carboxylic acids is 1. The van der Waals surface area contributed by atoms with E-state index < -0.39 is 12.0 Å². The predicted octanol–water partition coefficient (Wildman–Crippen LogP) is 1.55. The molecule has 1 fully saturated rings. The molecular weight excluding hydrogens is 194 g/mol. The lowest BCUT2D eigenvalue weighted by molar-refractivity contribution is -0.142. The quantitative estimate of drug-likeness (QED) is 0.630. The van der Waals surface area contributed by atoms with E-state index in [1.165, 1.54) is 0 Å². The molecule has 4 heteroatoms. The van der Waals surface area contributed by atoms with Crippen LogP contribution in [0.3, 0.4) is 0 Å². The van der Waals surface area contributed by atoms with Gasteiger partial charge in [-0.3, -0.25) is 4.79 Å². The summed E-state index contributed by atoms with van der Waals surface area (Å²) in [5.74, 6) is -0.919. The highest BCUT2D eigenvalue weighted by molar-refractivity contribution is 5.86. The Morgan fingerprint density at radius 3 is 2.53 bits per heavy atom. The minimum atomic E-state index is -0.917. The number of hydrogen-bond acceptors (Lipinski definition) is 2. The van der Waals surface area contributed by atoms with Gasteiger partial charge in [-0.25, -0.2) is 4.79 Å². The Morgan fingerprint density at radius 2 is 2.07 bits per heavy atom. The summed E-state index contributed by atoms with van der Waals surface area (Å²) in [6, 6.07) is -0.690. The Kier molecular flexibility index (Phi) is 4.59. The van der Waals surface area contributed by atoms with Gasteiger partial charge in [-0.1, -0.05) is 26.2 Å². The van der Waals surface area contributed by atoms with Crippen molar-refractivity contribution >= 4 is 11.9 Å². The molecule has 86 valence electrons. The summed E-state index contributed by atoms with van der Waals surface area (Å²) in [5, 5.41) is 11.5. The van der Waals surface area contributed by atoms with Gasteiger partial charge in [0.2, 0.25) is 5.91 Å². The van der Waals surface area contributed by atoms with Gasteiger partial charge < -0.3 is 10.4 Å². The van der Waals surface area contributed by atoms with E-state index in [0.29, 0.717) is 6.42 Å². The molecule has 15 heavy (non-hydrogen) atoms. The van der Waals surface area contributed by atoms with Gasteiger partial charge in [-0.2, -0.15) is 0 Å². The zero-order chi connectivity index (χ0) is 11.3. The van der Waals surface area contributed by atoms with Crippen LogP contribution in [0.4, 0.5) is 0 Å². The summed E-state index contributed by atoms with van der Waals surface area (Å²) in [7, 11) is 0. The van der Waals surface area contributed by atoms with Crippen molar-refractivity contribution in [1.29, 1.82) is 0 Å². The van der Waals surface area contributed by atoms with Gasteiger partial charge in [0.25, 0.3) is 0 Å². The van der Waals surface area contributed by atoms with Crippen LogP contribution in [0.2, 0.25) is 0 Å². The van der Waals surface area contributed by atoms with Gasteiger partial charge in [-0.15, -0.1) is 0 Å². The summed E-state index contributed by atoms with van der Waals surface area (Å²) in [4.78, 5) is 22.2. The van der Waals surface area contributed by atoms with Crippen molar-refractivity contribution in [2.75, 3.05) is 0 Å². The third-order valence-electron chi connectivity index (χ3n) is 2.66. The molecule has 4 nitrogen and oxygen atoms in total. The van der Waals surface area contributed by atoms with Crippen LogP contribution in [0.15, 0.2) is 0 Å². The Balaban J connectivity index is 2.28. The van der Waals surface area contributed by atoms with Crippen LogP contribution in [0.25, 0.3) is 0 Å². The SMILES string of the molecule is CCCCCC(NC(=O)C1CC1)C(=O)O. The van der Waals surface area contributed by atoms with E-state index in [0.717, 1.165) is 32.1 Å². The number of carboxylic acid groups (broad SMARTS) is 1. The lowest BCUT2D eigenvalue weighted by atomic mass is 10.1.